The number of hydrogen-bond donors (Lipinski definition) is 1. The van der Waals surface area contributed by atoms with Gasteiger partial charge in [-0.05, 0) is 27.6 Å². The van der Waals surface area contributed by atoms with Crippen molar-refractivity contribution in [3.05, 3.63) is 35.2 Å². The van der Waals surface area contributed by atoms with Crippen molar-refractivity contribution in [2.45, 2.75) is 25.2 Å². The number of thiophene rings is 1. The molecule has 1 aromatic heterocycles. The number of aliphatic hydroxyl groups is 1. The van der Waals surface area contributed by atoms with Gasteiger partial charge in [0.1, 0.15) is 0 Å². The minimum Gasteiger partial charge on any atom is -0.387 e. The van der Waals surface area contributed by atoms with Crippen molar-refractivity contribution in [1.29, 1.82) is 0 Å². The molecule has 86 valence electrons. The molecule has 0 saturated heterocycles. The standard InChI is InChI=1S/C13H16OS2/c1-9(2)16-8-12(14)11-5-3-4-10-6-7-15-13(10)11/h3-7,9,12,14H,8H2,1-2H3. The smallest absolute Gasteiger partial charge is 0.0894 e. The molecule has 1 atom stereocenters. The molecule has 0 aliphatic heterocycles. The molecule has 0 spiro atoms. The Morgan fingerprint density at radius 2 is 2.12 bits per heavy atom. The number of rotatable bonds is 4. The highest BCUT2D eigenvalue weighted by molar-refractivity contribution is 7.99. The van der Waals surface area contributed by atoms with E-state index >= 15 is 0 Å². The zero-order valence-electron chi connectivity index (χ0n) is 9.51. The van der Waals surface area contributed by atoms with Crippen LogP contribution >= 0.6 is 23.1 Å². The molecule has 0 bridgehead atoms. The first-order valence-electron chi connectivity index (χ1n) is 5.44. The lowest BCUT2D eigenvalue weighted by Gasteiger charge is -2.13. The van der Waals surface area contributed by atoms with E-state index in [1.807, 2.05) is 12.1 Å². The highest BCUT2D eigenvalue weighted by Crippen LogP contribution is 2.31. The third-order valence-electron chi connectivity index (χ3n) is 2.46. The van der Waals surface area contributed by atoms with E-state index in [1.165, 1.54) is 10.1 Å². The van der Waals surface area contributed by atoms with E-state index in [4.69, 9.17) is 0 Å². The maximum atomic E-state index is 10.2. The number of fused-ring (bicyclic) bond motifs is 1. The largest absolute Gasteiger partial charge is 0.387 e. The summed E-state index contributed by atoms with van der Waals surface area (Å²) < 4.78 is 1.22. The fourth-order valence-electron chi connectivity index (χ4n) is 1.65. The van der Waals surface area contributed by atoms with Gasteiger partial charge in [0, 0.05) is 10.5 Å². The first-order chi connectivity index (χ1) is 7.68. The van der Waals surface area contributed by atoms with Crippen molar-refractivity contribution in [1.82, 2.24) is 0 Å². The lowest BCUT2D eigenvalue weighted by atomic mass is 10.1. The van der Waals surface area contributed by atoms with Crippen LogP contribution in [-0.4, -0.2) is 16.1 Å². The third kappa shape index (κ3) is 2.59. The van der Waals surface area contributed by atoms with Gasteiger partial charge in [-0.1, -0.05) is 32.0 Å². The summed E-state index contributed by atoms with van der Waals surface area (Å²) in [5, 5.41) is 14.1. The molecule has 0 aliphatic carbocycles. The Balaban J connectivity index is 2.22. The predicted molar refractivity (Wildman–Crippen MR) is 74.4 cm³/mol. The Morgan fingerprint density at radius 3 is 2.88 bits per heavy atom. The highest BCUT2D eigenvalue weighted by Gasteiger charge is 2.12. The van der Waals surface area contributed by atoms with Gasteiger partial charge in [0.05, 0.1) is 6.10 Å². The Hall–Kier alpha value is -0.510. The van der Waals surface area contributed by atoms with Crippen LogP contribution in [0.3, 0.4) is 0 Å². The maximum absolute atomic E-state index is 10.2. The van der Waals surface area contributed by atoms with Crippen LogP contribution in [0, 0.1) is 0 Å². The van der Waals surface area contributed by atoms with Gasteiger partial charge < -0.3 is 5.11 Å². The van der Waals surface area contributed by atoms with Gasteiger partial charge in [-0.2, -0.15) is 11.8 Å². The topological polar surface area (TPSA) is 20.2 Å². The molecule has 1 nitrogen and oxygen atoms in total. The molecular formula is C13H16OS2. The molecular weight excluding hydrogens is 236 g/mol. The SMILES string of the molecule is CC(C)SCC(O)c1cccc2ccsc12. The van der Waals surface area contributed by atoms with Gasteiger partial charge in [0.25, 0.3) is 0 Å². The summed E-state index contributed by atoms with van der Waals surface area (Å²) in [5.41, 5.74) is 1.07. The quantitative estimate of drug-likeness (QED) is 0.885. The lowest BCUT2D eigenvalue weighted by Crippen LogP contribution is -2.03. The second-order valence-electron chi connectivity index (χ2n) is 4.08. The zero-order chi connectivity index (χ0) is 11.5. The van der Waals surface area contributed by atoms with E-state index < -0.39 is 0 Å². The van der Waals surface area contributed by atoms with Crippen LogP contribution in [0.2, 0.25) is 0 Å². The molecule has 0 aliphatic rings. The summed E-state index contributed by atoms with van der Waals surface area (Å²) in [6.45, 7) is 4.31. The minimum absolute atomic E-state index is 0.352. The van der Waals surface area contributed by atoms with Crippen molar-refractivity contribution >= 4 is 33.2 Å². The lowest BCUT2D eigenvalue weighted by molar-refractivity contribution is 0.206. The highest BCUT2D eigenvalue weighted by atomic mass is 32.2. The number of benzene rings is 1. The molecule has 1 unspecified atom stereocenters. The van der Waals surface area contributed by atoms with E-state index in [2.05, 4.69) is 31.4 Å². The summed E-state index contributed by atoms with van der Waals surface area (Å²) in [6, 6.07) is 8.25. The molecule has 16 heavy (non-hydrogen) atoms. The number of aliphatic hydroxyl groups excluding tert-OH is 1. The van der Waals surface area contributed by atoms with E-state index in [-0.39, 0.29) is 6.10 Å². The van der Waals surface area contributed by atoms with Crippen LogP contribution in [0.1, 0.15) is 25.5 Å². The van der Waals surface area contributed by atoms with Crippen LogP contribution in [0.4, 0.5) is 0 Å². The van der Waals surface area contributed by atoms with Gasteiger partial charge in [0.2, 0.25) is 0 Å². The van der Waals surface area contributed by atoms with E-state index in [9.17, 15) is 5.11 Å². The fraction of sp³-hybridized carbons (Fsp3) is 0.385. The van der Waals surface area contributed by atoms with Gasteiger partial charge >= 0.3 is 0 Å². The molecule has 0 amide bonds. The summed E-state index contributed by atoms with van der Waals surface area (Å²) in [6.07, 6.45) is -0.352. The molecule has 1 aromatic carbocycles. The minimum atomic E-state index is -0.352. The summed E-state index contributed by atoms with van der Waals surface area (Å²) >= 11 is 3.51. The van der Waals surface area contributed by atoms with Gasteiger partial charge in [-0.3, -0.25) is 0 Å². The summed E-state index contributed by atoms with van der Waals surface area (Å²) in [7, 11) is 0. The Morgan fingerprint density at radius 1 is 1.31 bits per heavy atom. The molecule has 0 fully saturated rings. The molecule has 2 aromatic rings. The fourth-order valence-corrected chi connectivity index (χ4v) is 3.36. The maximum Gasteiger partial charge on any atom is 0.0894 e. The summed E-state index contributed by atoms with van der Waals surface area (Å²) in [4.78, 5) is 0. The Kier molecular flexibility index (Phi) is 3.90. The molecule has 3 heteroatoms. The Labute approximate surface area is 104 Å². The van der Waals surface area contributed by atoms with E-state index in [0.29, 0.717) is 5.25 Å². The monoisotopic (exact) mass is 252 g/mol. The zero-order valence-corrected chi connectivity index (χ0v) is 11.1. The van der Waals surface area contributed by atoms with Crippen LogP contribution < -0.4 is 0 Å². The van der Waals surface area contributed by atoms with Gasteiger partial charge in [0.15, 0.2) is 0 Å². The van der Waals surface area contributed by atoms with Crippen molar-refractivity contribution < 1.29 is 5.11 Å². The van der Waals surface area contributed by atoms with Crippen molar-refractivity contribution in [3.63, 3.8) is 0 Å². The predicted octanol–water partition coefficient (Wildman–Crippen LogP) is 4.08. The van der Waals surface area contributed by atoms with Crippen LogP contribution in [0.25, 0.3) is 10.1 Å². The number of hydrogen-bond acceptors (Lipinski definition) is 3. The van der Waals surface area contributed by atoms with Crippen LogP contribution in [0.15, 0.2) is 29.6 Å². The Bertz CT molecular complexity index is 462. The molecule has 2 rings (SSSR count). The molecule has 0 radical (unpaired) electrons. The van der Waals surface area contributed by atoms with Crippen molar-refractivity contribution in [2.24, 2.45) is 0 Å². The average molecular weight is 252 g/mol. The molecule has 1 heterocycles. The summed E-state index contributed by atoms with van der Waals surface area (Å²) in [5.74, 6) is 0.773. The van der Waals surface area contributed by atoms with Crippen molar-refractivity contribution in [3.8, 4) is 0 Å². The van der Waals surface area contributed by atoms with Gasteiger partial charge in [-0.15, -0.1) is 11.3 Å². The molecule has 1 N–H and O–H groups in total. The van der Waals surface area contributed by atoms with Crippen LogP contribution in [-0.2, 0) is 0 Å². The first-order valence-corrected chi connectivity index (χ1v) is 7.37. The third-order valence-corrected chi connectivity index (χ3v) is 4.61. The van der Waals surface area contributed by atoms with Crippen LogP contribution in [0.5, 0.6) is 0 Å². The van der Waals surface area contributed by atoms with E-state index in [0.717, 1.165) is 11.3 Å². The second kappa shape index (κ2) is 5.21. The normalized spacial score (nSPS) is 13.5. The first kappa shape index (κ1) is 12.0. The number of thioether (sulfide) groups is 1. The van der Waals surface area contributed by atoms with Crippen molar-refractivity contribution in [2.75, 3.05) is 5.75 Å². The average Bonchev–Trinajstić information content (AvgIpc) is 2.73. The van der Waals surface area contributed by atoms with Gasteiger partial charge in [-0.25, -0.2) is 0 Å². The molecule has 0 saturated carbocycles. The van der Waals surface area contributed by atoms with E-state index in [1.54, 1.807) is 23.1 Å². The second-order valence-corrected chi connectivity index (χ2v) is 6.61.